The lowest BCUT2D eigenvalue weighted by Gasteiger charge is -1.94. The van der Waals surface area contributed by atoms with E-state index in [4.69, 9.17) is 4.74 Å². The molecule has 0 saturated heterocycles. The van der Waals surface area contributed by atoms with Crippen LogP contribution in [0.3, 0.4) is 0 Å². The molecule has 0 heterocycles. The van der Waals surface area contributed by atoms with Gasteiger partial charge in [0.2, 0.25) is 0 Å². The maximum Gasteiger partial charge on any atom is 0.330 e. The van der Waals surface area contributed by atoms with Gasteiger partial charge in [0.25, 0.3) is 0 Å². The minimum Gasteiger partial charge on any atom is -0.463 e. The predicted octanol–water partition coefficient (Wildman–Crippen LogP) is 2.85. The quantitative estimate of drug-likeness (QED) is 0.262. The smallest absolute Gasteiger partial charge is 0.330 e. The van der Waals surface area contributed by atoms with E-state index in [1.165, 1.54) is 6.08 Å². The molecule has 0 aliphatic rings. The van der Waals surface area contributed by atoms with Crippen molar-refractivity contribution in [2.45, 2.75) is 32.6 Å². The Balaban J connectivity index is 3.29. The number of allylic oxidation sites excluding steroid dienone is 2. The second-order valence-electron chi connectivity index (χ2n) is 2.73. The molecule has 0 aliphatic carbocycles. The first-order valence-electron chi connectivity index (χ1n) is 4.75. The van der Waals surface area contributed by atoms with Crippen molar-refractivity contribution in [1.82, 2.24) is 0 Å². The molecule has 0 bridgehead atoms. The summed E-state index contributed by atoms with van der Waals surface area (Å²) in [6, 6.07) is 0. The van der Waals surface area contributed by atoms with Crippen LogP contribution in [0.5, 0.6) is 0 Å². The largest absolute Gasteiger partial charge is 0.463 e. The Morgan fingerprint density at radius 2 is 2.08 bits per heavy atom. The SMILES string of the molecule is C=CCCCCC=CC(=O)OCC. The third-order valence-electron chi connectivity index (χ3n) is 1.57. The molecule has 0 spiro atoms. The Morgan fingerprint density at radius 3 is 2.69 bits per heavy atom. The summed E-state index contributed by atoms with van der Waals surface area (Å²) >= 11 is 0. The van der Waals surface area contributed by atoms with Gasteiger partial charge in [-0.05, 0) is 32.6 Å². The van der Waals surface area contributed by atoms with Crippen LogP contribution >= 0.6 is 0 Å². The summed E-state index contributed by atoms with van der Waals surface area (Å²) in [4.78, 5) is 10.8. The zero-order valence-electron chi connectivity index (χ0n) is 8.29. The van der Waals surface area contributed by atoms with Gasteiger partial charge in [-0.3, -0.25) is 0 Å². The van der Waals surface area contributed by atoms with Gasteiger partial charge < -0.3 is 4.74 Å². The van der Waals surface area contributed by atoms with Crippen LogP contribution in [-0.2, 0) is 9.53 Å². The summed E-state index contributed by atoms with van der Waals surface area (Å²) in [6.45, 7) is 5.88. The van der Waals surface area contributed by atoms with Gasteiger partial charge in [0.1, 0.15) is 0 Å². The van der Waals surface area contributed by atoms with Crippen molar-refractivity contribution in [2.24, 2.45) is 0 Å². The van der Waals surface area contributed by atoms with E-state index in [-0.39, 0.29) is 5.97 Å². The molecule has 0 fully saturated rings. The van der Waals surface area contributed by atoms with E-state index in [0.717, 1.165) is 25.7 Å². The Hall–Kier alpha value is -1.05. The van der Waals surface area contributed by atoms with Crippen molar-refractivity contribution < 1.29 is 9.53 Å². The molecule has 0 saturated carbocycles. The molecule has 13 heavy (non-hydrogen) atoms. The van der Waals surface area contributed by atoms with E-state index in [2.05, 4.69) is 6.58 Å². The first-order valence-corrected chi connectivity index (χ1v) is 4.75. The summed E-state index contributed by atoms with van der Waals surface area (Å²) in [6.07, 6.45) is 9.49. The molecule has 0 N–H and O–H groups in total. The molecule has 0 aromatic rings. The third-order valence-corrected chi connectivity index (χ3v) is 1.57. The fourth-order valence-electron chi connectivity index (χ4n) is 0.921. The standard InChI is InChI=1S/C11H18O2/c1-3-5-6-7-8-9-10-11(12)13-4-2/h3,9-10H,1,4-8H2,2H3. The number of unbranched alkanes of at least 4 members (excludes halogenated alkanes) is 3. The van der Waals surface area contributed by atoms with Gasteiger partial charge in [-0.25, -0.2) is 4.79 Å². The van der Waals surface area contributed by atoms with Crippen LogP contribution in [-0.4, -0.2) is 12.6 Å². The summed E-state index contributed by atoms with van der Waals surface area (Å²) in [5.74, 6) is -0.244. The van der Waals surface area contributed by atoms with Crippen LogP contribution in [0.1, 0.15) is 32.6 Å². The lowest BCUT2D eigenvalue weighted by atomic mass is 10.2. The average Bonchev–Trinajstić information content (AvgIpc) is 2.11. The first-order chi connectivity index (χ1) is 6.31. The maximum absolute atomic E-state index is 10.8. The molecule has 0 aromatic heterocycles. The Kier molecular flexibility index (Phi) is 8.31. The number of carbonyl (C=O) groups is 1. The van der Waals surface area contributed by atoms with E-state index < -0.39 is 0 Å². The van der Waals surface area contributed by atoms with Gasteiger partial charge in [0.05, 0.1) is 6.61 Å². The highest BCUT2D eigenvalue weighted by molar-refractivity contribution is 5.81. The van der Waals surface area contributed by atoms with E-state index in [9.17, 15) is 4.79 Å². The fraction of sp³-hybridized carbons (Fsp3) is 0.545. The van der Waals surface area contributed by atoms with E-state index in [1.54, 1.807) is 6.92 Å². The molecule has 74 valence electrons. The number of carbonyl (C=O) groups excluding carboxylic acids is 1. The zero-order valence-corrected chi connectivity index (χ0v) is 8.29. The minimum absolute atomic E-state index is 0.244. The Labute approximate surface area is 80.3 Å². The number of hydrogen-bond acceptors (Lipinski definition) is 2. The molecular weight excluding hydrogens is 164 g/mol. The number of esters is 1. The van der Waals surface area contributed by atoms with Gasteiger partial charge in [-0.2, -0.15) is 0 Å². The van der Waals surface area contributed by atoms with Crippen LogP contribution in [0.25, 0.3) is 0 Å². The van der Waals surface area contributed by atoms with Crippen LogP contribution in [0, 0.1) is 0 Å². The van der Waals surface area contributed by atoms with Crippen molar-refractivity contribution in [3.63, 3.8) is 0 Å². The predicted molar refractivity (Wildman–Crippen MR) is 54.4 cm³/mol. The lowest BCUT2D eigenvalue weighted by Crippen LogP contribution is -1.98. The van der Waals surface area contributed by atoms with Gasteiger partial charge in [0, 0.05) is 6.08 Å². The van der Waals surface area contributed by atoms with E-state index >= 15 is 0 Å². The molecule has 0 amide bonds. The molecule has 0 aromatic carbocycles. The van der Waals surface area contributed by atoms with Gasteiger partial charge in [0.15, 0.2) is 0 Å². The summed E-state index contributed by atoms with van der Waals surface area (Å²) in [5.41, 5.74) is 0. The number of rotatable bonds is 7. The molecular formula is C11H18O2. The van der Waals surface area contributed by atoms with Gasteiger partial charge in [-0.15, -0.1) is 6.58 Å². The Bertz CT molecular complexity index is 171. The zero-order chi connectivity index (χ0) is 9.94. The molecule has 0 radical (unpaired) electrons. The van der Waals surface area contributed by atoms with Crippen LogP contribution in [0.2, 0.25) is 0 Å². The molecule has 0 rings (SSSR count). The summed E-state index contributed by atoms with van der Waals surface area (Å²) < 4.78 is 4.73. The van der Waals surface area contributed by atoms with E-state index in [1.807, 2.05) is 12.2 Å². The molecule has 0 atom stereocenters. The van der Waals surface area contributed by atoms with Crippen molar-refractivity contribution in [2.75, 3.05) is 6.61 Å². The van der Waals surface area contributed by atoms with Crippen molar-refractivity contribution in [3.8, 4) is 0 Å². The van der Waals surface area contributed by atoms with E-state index in [0.29, 0.717) is 6.61 Å². The molecule has 0 unspecified atom stereocenters. The van der Waals surface area contributed by atoms with Crippen molar-refractivity contribution >= 4 is 5.97 Å². The molecule has 2 nitrogen and oxygen atoms in total. The second-order valence-corrected chi connectivity index (χ2v) is 2.73. The molecule has 2 heteroatoms. The number of hydrogen-bond donors (Lipinski definition) is 0. The maximum atomic E-state index is 10.8. The van der Waals surface area contributed by atoms with Crippen molar-refractivity contribution in [3.05, 3.63) is 24.8 Å². The number of ether oxygens (including phenoxy) is 1. The second kappa shape index (κ2) is 9.04. The van der Waals surface area contributed by atoms with Crippen LogP contribution in [0.4, 0.5) is 0 Å². The highest BCUT2D eigenvalue weighted by Gasteiger charge is 1.91. The van der Waals surface area contributed by atoms with Gasteiger partial charge >= 0.3 is 5.97 Å². The van der Waals surface area contributed by atoms with Crippen molar-refractivity contribution in [1.29, 1.82) is 0 Å². The Morgan fingerprint density at radius 1 is 1.38 bits per heavy atom. The summed E-state index contributed by atoms with van der Waals surface area (Å²) in [5, 5.41) is 0. The van der Waals surface area contributed by atoms with Gasteiger partial charge in [-0.1, -0.05) is 12.2 Å². The first kappa shape index (κ1) is 11.9. The lowest BCUT2D eigenvalue weighted by molar-refractivity contribution is -0.137. The third kappa shape index (κ3) is 8.86. The normalized spacial score (nSPS) is 10.2. The fourth-order valence-corrected chi connectivity index (χ4v) is 0.921. The topological polar surface area (TPSA) is 26.3 Å². The monoisotopic (exact) mass is 182 g/mol. The molecule has 0 aliphatic heterocycles. The summed E-state index contributed by atoms with van der Waals surface area (Å²) in [7, 11) is 0. The average molecular weight is 182 g/mol. The highest BCUT2D eigenvalue weighted by Crippen LogP contribution is 2.00. The minimum atomic E-state index is -0.244. The highest BCUT2D eigenvalue weighted by atomic mass is 16.5. The van der Waals surface area contributed by atoms with Crippen LogP contribution in [0.15, 0.2) is 24.8 Å². The van der Waals surface area contributed by atoms with Crippen LogP contribution < -0.4 is 0 Å².